The van der Waals surface area contributed by atoms with Crippen molar-refractivity contribution >= 4 is 17.3 Å². The SMILES string of the molecule is Cc1cc(C(F)(F)F)nn1-c1ccc(Cl)cc1N. The Morgan fingerprint density at radius 2 is 1.94 bits per heavy atom. The topological polar surface area (TPSA) is 43.8 Å². The Kier molecular flexibility index (Phi) is 2.98. The van der Waals surface area contributed by atoms with Crippen LogP contribution < -0.4 is 5.73 Å². The molecule has 1 aromatic carbocycles. The van der Waals surface area contributed by atoms with Gasteiger partial charge in [-0.2, -0.15) is 18.3 Å². The fourth-order valence-electron chi connectivity index (χ4n) is 1.58. The second kappa shape index (κ2) is 4.20. The maximum Gasteiger partial charge on any atom is 0.435 e. The van der Waals surface area contributed by atoms with Crippen molar-refractivity contribution in [2.45, 2.75) is 13.1 Å². The minimum atomic E-state index is -4.48. The minimum absolute atomic E-state index is 0.266. The summed E-state index contributed by atoms with van der Waals surface area (Å²) in [5.41, 5.74) is 5.74. The summed E-state index contributed by atoms with van der Waals surface area (Å²) in [4.78, 5) is 0. The first kappa shape index (κ1) is 12.8. The molecule has 0 fully saturated rings. The number of aromatic nitrogens is 2. The van der Waals surface area contributed by atoms with E-state index in [-0.39, 0.29) is 5.69 Å². The molecule has 0 saturated heterocycles. The van der Waals surface area contributed by atoms with Crippen LogP contribution >= 0.6 is 11.6 Å². The summed E-state index contributed by atoms with van der Waals surface area (Å²) in [6, 6.07) is 5.50. The van der Waals surface area contributed by atoms with E-state index < -0.39 is 11.9 Å². The molecule has 0 radical (unpaired) electrons. The van der Waals surface area contributed by atoms with E-state index in [1.165, 1.54) is 19.1 Å². The quantitative estimate of drug-likeness (QED) is 0.810. The number of benzene rings is 1. The van der Waals surface area contributed by atoms with Crippen molar-refractivity contribution in [2.75, 3.05) is 5.73 Å². The second-order valence-electron chi connectivity index (χ2n) is 3.78. The van der Waals surface area contributed by atoms with Crippen molar-refractivity contribution in [2.24, 2.45) is 0 Å². The lowest BCUT2D eigenvalue weighted by Crippen LogP contribution is -2.08. The zero-order chi connectivity index (χ0) is 13.5. The summed E-state index contributed by atoms with van der Waals surface area (Å²) < 4.78 is 38.7. The maximum atomic E-state index is 12.5. The van der Waals surface area contributed by atoms with Crippen LogP contribution in [0.2, 0.25) is 5.02 Å². The first-order chi connectivity index (χ1) is 8.29. The fraction of sp³-hybridized carbons (Fsp3) is 0.182. The van der Waals surface area contributed by atoms with E-state index in [0.29, 0.717) is 16.4 Å². The molecule has 0 unspecified atom stereocenters. The van der Waals surface area contributed by atoms with Gasteiger partial charge in [-0.05, 0) is 31.2 Å². The number of alkyl halides is 3. The monoisotopic (exact) mass is 275 g/mol. The van der Waals surface area contributed by atoms with E-state index in [0.717, 1.165) is 10.7 Å². The van der Waals surface area contributed by atoms with Crippen molar-refractivity contribution < 1.29 is 13.2 Å². The highest BCUT2D eigenvalue weighted by molar-refractivity contribution is 6.30. The molecule has 18 heavy (non-hydrogen) atoms. The Balaban J connectivity index is 2.55. The summed E-state index contributed by atoms with van der Waals surface area (Å²) in [7, 11) is 0. The van der Waals surface area contributed by atoms with Crippen molar-refractivity contribution in [3.05, 3.63) is 40.7 Å². The largest absolute Gasteiger partial charge is 0.435 e. The van der Waals surface area contributed by atoms with E-state index in [1.807, 2.05) is 0 Å². The third-order valence-corrected chi connectivity index (χ3v) is 2.63. The molecule has 0 saturated carbocycles. The number of aryl methyl sites for hydroxylation is 1. The maximum absolute atomic E-state index is 12.5. The normalized spacial score (nSPS) is 11.8. The Labute approximate surface area is 106 Å². The fourth-order valence-corrected chi connectivity index (χ4v) is 1.76. The molecule has 0 atom stereocenters. The molecular weight excluding hydrogens is 267 g/mol. The number of nitrogen functional groups attached to an aromatic ring is 1. The molecule has 1 aromatic heterocycles. The smallest absolute Gasteiger partial charge is 0.397 e. The van der Waals surface area contributed by atoms with Gasteiger partial charge in [0.05, 0.1) is 11.4 Å². The molecule has 0 aliphatic rings. The van der Waals surface area contributed by atoms with Crippen LogP contribution in [0, 0.1) is 6.92 Å². The third kappa shape index (κ3) is 2.28. The van der Waals surface area contributed by atoms with Crippen LogP contribution in [0.3, 0.4) is 0 Å². The van der Waals surface area contributed by atoms with Gasteiger partial charge < -0.3 is 5.73 Å². The van der Waals surface area contributed by atoms with Gasteiger partial charge in [-0.3, -0.25) is 0 Å². The molecule has 0 aliphatic carbocycles. The van der Waals surface area contributed by atoms with Gasteiger partial charge in [0.1, 0.15) is 0 Å². The summed E-state index contributed by atoms with van der Waals surface area (Å²) >= 11 is 5.73. The van der Waals surface area contributed by atoms with Gasteiger partial charge in [0.2, 0.25) is 0 Å². The molecule has 3 nitrogen and oxygen atoms in total. The summed E-state index contributed by atoms with van der Waals surface area (Å²) in [6.07, 6.45) is -4.48. The molecule has 2 rings (SSSR count). The van der Waals surface area contributed by atoms with Gasteiger partial charge in [-0.15, -0.1) is 0 Å². The lowest BCUT2D eigenvalue weighted by molar-refractivity contribution is -0.141. The van der Waals surface area contributed by atoms with Gasteiger partial charge in [0.25, 0.3) is 0 Å². The van der Waals surface area contributed by atoms with E-state index in [4.69, 9.17) is 17.3 Å². The van der Waals surface area contributed by atoms with Gasteiger partial charge in [-0.25, -0.2) is 4.68 Å². The number of rotatable bonds is 1. The van der Waals surface area contributed by atoms with Gasteiger partial charge in [0.15, 0.2) is 5.69 Å². The van der Waals surface area contributed by atoms with Crippen LogP contribution in [0.4, 0.5) is 18.9 Å². The number of nitrogens with zero attached hydrogens (tertiary/aromatic N) is 2. The number of hydrogen-bond acceptors (Lipinski definition) is 2. The summed E-state index contributed by atoms with van der Waals surface area (Å²) in [5.74, 6) is 0. The molecule has 2 N–H and O–H groups in total. The molecule has 0 bridgehead atoms. The second-order valence-corrected chi connectivity index (χ2v) is 4.22. The Morgan fingerprint density at radius 3 is 2.44 bits per heavy atom. The Morgan fingerprint density at radius 1 is 1.28 bits per heavy atom. The van der Waals surface area contributed by atoms with E-state index in [9.17, 15) is 13.2 Å². The van der Waals surface area contributed by atoms with Crippen LogP contribution in [0.15, 0.2) is 24.3 Å². The highest BCUT2D eigenvalue weighted by Crippen LogP contribution is 2.30. The molecule has 0 spiro atoms. The van der Waals surface area contributed by atoms with Crippen LogP contribution in [-0.2, 0) is 6.18 Å². The summed E-state index contributed by atoms with van der Waals surface area (Å²) in [5, 5.41) is 3.92. The van der Waals surface area contributed by atoms with Crippen LogP contribution in [0.5, 0.6) is 0 Å². The van der Waals surface area contributed by atoms with Gasteiger partial charge in [-0.1, -0.05) is 11.6 Å². The highest BCUT2D eigenvalue weighted by Gasteiger charge is 2.34. The van der Waals surface area contributed by atoms with Crippen LogP contribution in [0.1, 0.15) is 11.4 Å². The molecule has 1 heterocycles. The molecule has 96 valence electrons. The van der Waals surface area contributed by atoms with Crippen LogP contribution in [-0.4, -0.2) is 9.78 Å². The lowest BCUT2D eigenvalue weighted by Gasteiger charge is -2.08. The van der Waals surface area contributed by atoms with E-state index in [2.05, 4.69) is 5.10 Å². The molecule has 7 heteroatoms. The van der Waals surface area contributed by atoms with E-state index >= 15 is 0 Å². The average molecular weight is 276 g/mol. The Bertz CT molecular complexity index is 590. The van der Waals surface area contributed by atoms with Crippen LogP contribution in [0.25, 0.3) is 5.69 Å². The first-order valence-corrected chi connectivity index (χ1v) is 5.36. The van der Waals surface area contributed by atoms with Gasteiger partial charge in [0, 0.05) is 10.7 Å². The number of hydrogen-bond donors (Lipinski definition) is 1. The lowest BCUT2D eigenvalue weighted by atomic mass is 10.2. The Hall–Kier alpha value is -1.69. The van der Waals surface area contributed by atoms with Crippen molar-refractivity contribution in [3.8, 4) is 5.69 Å². The van der Waals surface area contributed by atoms with Crippen molar-refractivity contribution in [1.82, 2.24) is 9.78 Å². The number of halogens is 4. The summed E-state index contributed by atoms with van der Waals surface area (Å²) in [6.45, 7) is 1.52. The third-order valence-electron chi connectivity index (χ3n) is 2.40. The molecule has 0 aliphatic heterocycles. The zero-order valence-corrected chi connectivity index (χ0v) is 10.0. The average Bonchev–Trinajstić information content (AvgIpc) is 2.60. The zero-order valence-electron chi connectivity index (χ0n) is 9.29. The predicted molar refractivity (Wildman–Crippen MR) is 62.7 cm³/mol. The molecular formula is C11H9ClF3N3. The number of anilines is 1. The highest BCUT2D eigenvalue weighted by atomic mass is 35.5. The molecule has 0 amide bonds. The van der Waals surface area contributed by atoms with Gasteiger partial charge >= 0.3 is 6.18 Å². The number of nitrogens with two attached hydrogens (primary N) is 1. The van der Waals surface area contributed by atoms with Crippen molar-refractivity contribution in [3.63, 3.8) is 0 Å². The predicted octanol–water partition coefficient (Wildman–Crippen LogP) is 3.44. The van der Waals surface area contributed by atoms with E-state index in [1.54, 1.807) is 6.07 Å². The minimum Gasteiger partial charge on any atom is -0.397 e. The molecule has 2 aromatic rings. The first-order valence-electron chi connectivity index (χ1n) is 4.98. The standard InChI is InChI=1S/C11H9ClF3N3/c1-6-4-10(11(13,14)15)17-18(6)9-3-2-7(12)5-8(9)16/h2-5H,16H2,1H3. The van der Waals surface area contributed by atoms with Crippen molar-refractivity contribution in [1.29, 1.82) is 0 Å².